The summed E-state index contributed by atoms with van der Waals surface area (Å²) in [7, 11) is 1.82. The fourth-order valence-corrected chi connectivity index (χ4v) is 2.00. The minimum absolute atomic E-state index is 0.0818. The van der Waals surface area contributed by atoms with Crippen molar-refractivity contribution in [2.45, 2.75) is 39.0 Å². The van der Waals surface area contributed by atoms with E-state index in [1.54, 1.807) is 4.90 Å². The van der Waals surface area contributed by atoms with Gasteiger partial charge in [0.1, 0.15) is 0 Å². The van der Waals surface area contributed by atoms with Gasteiger partial charge in [0.15, 0.2) is 0 Å². The zero-order valence-corrected chi connectivity index (χ0v) is 12.1. The third-order valence-corrected chi connectivity index (χ3v) is 3.27. The Kier molecular flexibility index (Phi) is 7.19. The lowest BCUT2D eigenvalue weighted by atomic mass is 10.1. The topological polar surface area (TPSA) is 40.5 Å². The molecule has 0 aliphatic carbocycles. The molecule has 19 heavy (non-hydrogen) atoms. The van der Waals surface area contributed by atoms with E-state index in [0.717, 1.165) is 19.4 Å². The molecule has 106 valence electrons. The number of hydrogen-bond acceptors (Lipinski definition) is 2. The van der Waals surface area contributed by atoms with Crippen molar-refractivity contribution < 1.29 is 9.90 Å². The number of aliphatic hydroxyl groups excluding tert-OH is 1. The summed E-state index contributed by atoms with van der Waals surface area (Å²) >= 11 is 0. The van der Waals surface area contributed by atoms with E-state index < -0.39 is 0 Å². The highest BCUT2D eigenvalue weighted by atomic mass is 16.3. The predicted molar refractivity (Wildman–Crippen MR) is 78.1 cm³/mol. The third-order valence-electron chi connectivity index (χ3n) is 3.27. The number of rotatable bonds is 8. The van der Waals surface area contributed by atoms with Crippen LogP contribution in [-0.2, 0) is 17.6 Å². The lowest BCUT2D eigenvalue weighted by Crippen LogP contribution is -2.28. The van der Waals surface area contributed by atoms with Crippen LogP contribution in [0.2, 0.25) is 0 Å². The summed E-state index contributed by atoms with van der Waals surface area (Å²) < 4.78 is 0. The molecule has 0 aliphatic rings. The van der Waals surface area contributed by atoms with Crippen molar-refractivity contribution in [2.75, 3.05) is 20.2 Å². The number of likely N-dealkylation sites (N-methyl/N-ethyl adjacent to an activating group) is 1. The van der Waals surface area contributed by atoms with Gasteiger partial charge in [-0.2, -0.15) is 0 Å². The Morgan fingerprint density at radius 2 is 1.74 bits per heavy atom. The molecule has 0 unspecified atom stereocenters. The van der Waals surface area contributed by atoms with Crippen molar-refractivity contribution in [3.05, 3.63) is 35.4 Å². The van der Waals surface area contributed by atoms with Gasteiger partial charge in [-0.25, -0.2) is 0 Å². The number of nitrogens with zero attached hydrogens (tertiary/aromatic N) is 1. The number of aliphatic hydroxyl groups is 1. The average Bonchev–Trinajstić information content (AvgIpc) is 2.44. The van der Waals surface area contributed by atoms with Crippen LogP contribution < -0.4 is 0 Å². The van der Waals surface area contributed by atoms with Gasteiger partial charge in [-0.3, -0.25) is 4.79 Å². The van der Waals surface area contributed by atoms with Crippen LogP contribution in [0.1, 0.15) is 37.3 Å². The second kappa shape index (κ2) is 8.70. The number of aryl methyl sites for hydroxylation is 1. The van der Waals surface area contributed by atoms with Gasteiger partial charge in [0.25, 0.3) is 0 Å². The van der Waals surface area contributed by atoms with Crippen LogP contribution in [0.25, 0.3) is 0 Å². The first-order chi connectivity index (χ1) is 9.17. The van der Waals surface area contributed by atoms with Crippen LogP contribution in [0, 0.1) is 0 Å². The van der Waals surface area contributed by atoms with E-state index in [1.165, 1.54) is 17.5 Å². The van der Waals surface area contributed by atoms with Crippen molar-refractivity contribution in [2.24, 2.45) is 0 Å². The van der Waals surface area contributed by atoms with Crippen molar-refractivity contribution in [3.63, 3.8) is 0 Å². The van der Waals surface area contributed by atoms with Gasteiger partial charge >= 0.3 is 0 Å². The molecule has 0 spiro atoms. The van der Waals surface area contributed by atoms with E-state index >= 15 is 0 Å². The molecule has 1 rings (SSSR count). The smallest absolute Gasteiger partial charge is 0.222 e. The first-order valence-corrected chi connectivity index (χ1v) is 7.10. The van der Waals surface area contributed by atoms with Crippen LogP contribution >= 0.6 is 0 Å². The number of hydrogen-bond donors (Lipinski definition) is 1. The Bertz CT molecular complexity index is 373. The zero-order chi connectivity index (χ0) is 14.1. The molecule has 1 N–H and O–H groups in total. The SMILES string of the molecule is CCCc1ccc(CCN(C)C(=O)CCCO)cc1. The van der Waals surface area contributed by atoms with Gasteiger partial charge < -0.3 is 10.0 Å². The van der Waals surface area contributed by atoms with Gasteiger partial charge in [-0.15, -0.1) is 0 Å². The monoisotopic (exact) mass is 263 g/mol. The minimum atomic E-state index is 0.0818. The summed E-state index contributed by atoms with van der Waals surface area (Å²) in [5, 5.41) is 8.70. The molecule has 1 aromatic rings. The van der Waals surface area contributed by atoms with E-state index in [9.17, 15) is 4.79 Å². The molecule has 0 heterocycles. The van der Waals surface area contributed by atoms with E-state index in [1.807, 2.05) is 7.05 Å². The quantitative estimate of drug-likeness (QED) is 0.782. The van der Waals surface area contributed by atoms with Crippen LogP contribution in [0.5, 0.6) is 0 Å². The Morgan fingerprint density at radius 1 is 1.16 bits per heavy atom. The third kappa shape index (κ3) is 5.88. The molecule has 3 heteroatoms. The fourth-order valence-electron chi connectivity index (χ4n) is 2.00. The number of amides is 1. The first-order valence-electron chi connectivity index (χ1n) is 7.10. The molecule has 3 nitrogen and oxygen atoms in total. The van der Waals surface area contributed by atoms with E-state index in [-0.39, 0.29) is 12.5 Å². The van der Waals surface area contributed by atoms with E-state index in [4.69, 9.17) is 5.11 Å². The van der Waals surface area contributed by atoms with E-state index in [0.29, 0.717) is 12.8 Å². The molecule has 0 aliphatic heterocycles. The predicted octanol–water partition coefficient (Wildman–Crippen LogP) is 2.41. The van der Waals surface area contributed by atoms with E-state index in [2.05, 4.69) is 31.2 Å². The molecular weight excluding hydrogens is 238 g/mol. The van der Waals surface area contributed by atoms with Crippen molar-refractivity contribution in [1.82, 2.24) is 4.90 Å². The molecule has 0 saturated heterocycles. The normalized spacial score (nSPS) is 10.5. The highest BCUT2D eigenvalue weighted by Crippen LogP contribution is 2.08. The number of carbonyl (C=O) groups excluding carboxylic acids is 1. The highest BCUT2D eigenvalue weighted by molar-refractivity contribution is 5.75. The maximum absolute atomic E-state index is 11.7. The molecule has 0 atom stereocenters. The maximum Gasteiger partial charge on any atom is 0.222 e. The highest BCUT2D eigenvalue weighted by Gasteiger charge is 2.07. The standard InChI is InChI=1S/C16H25NO2/c1-3-5-14-7-9-15(10-8-14)11-12-17(2)16(19)6-4-13-18/h7-10,18H,3-6,11-13H2,1-2H3. The van der Waals surface area contributed by atoms with Gasteiger partial charge in [0, 0.05) is 26.6 Å². The molecule has 1 aromatic carbocycles. The summed E-state index contributed by atoms with van der Waals surface area (Å²) in [5.74, 6) is 0.108. The zero-order valence-electron chi connectivity index (χ0n) is 12.1. The largest absolute Gasteiger partial charge is 0.396 e. The van der Waals surface area contributed by atoms with Gasteiger partial charge in [0.2, 0.25) is 5.91 Å². The lowest BCUT2D eigenvalue weighted by Gasteiger charge is -2.17. The Balaban J connectivity index is 2.37. The molecular formula is C16H25NO2. The first kappa shape index (κ1) is 15.7. The molecule has 0 saturated carbocycles. The second-order valence-corrected chi connectivity index (χ2v) is 4.96. The summed E-state index contributed by atoms with van der Waals surface area (Å²) in [5.41, 5.74) is 2.64. The maximum atomic E-state index is 11.7. The summed E-state index contributed by atoms with van der Waals surface area (Å²) in [6, 6.07) is 8.65. The van der Waals surface area contributed by atoms with Gasteiger partial charge in [-0.1, -0.05) is 37.6 Å². The molecule has 0 aromatic heterocycles. The lowest BCUT2D eigenvalue weighted by molar-refractivity contribution is -0.130. The van der Waals surface area contributed by atoms with Crippen molar-refractivity contribution in [1.29, 1.82) is 0 Å². The number of benzene rings is 1. The van der Waals surface area contributed by atoms with Crippen LogP contribution in [0.3, 0.4) is 0 Å². The van der Waals surface area contributed by atoms with Crippen molar-refractivity contribution >= 4 is 5.91 Å². The molecule has 0 bridgehead atoms. The van der Waals surface area contributed by atoms with Crippen LogP contribution in [-0.4, -0.2) is 36.1 Å². The molecule has 0 fully saturated rings. The summed E-state index contributed by atoms with van der Waals surface area (Å²) in [4.78, 5) is 13.4. The minimum Gasteiger partial charge on any atom is -0.396 e. The Morgan fingerprint density at radius 3 is 2.26 bits per heavy atom. The summed E-state index contributed by atoms with van der Waals surface area (Å²) in [6.07, 6.45) is 4.16. The van der Waals surface area contributed by atoms with Crippen molar-refractivity contribution in [3.8, 4) is 0 Å². The Hall–Kier alpha value is -1.35. The van der Waals surface area contributed by atoms with Gasteiger partial charge in [-0.05, 0) is 30.4 Å². The molecule has 1 amide bonds. The number of carbonyl (C=O) groups is 1. The second-order valence-electron chi connectivity index (χ2n) is 4.96. The van der Waals surface area contributed by atoms with Crippen LogP contribution in [0.4, 0.5) is 0 Å². The summed E-state index contributed by atoms with van der Waals surface area (Å²) in [6.45, 7) is 3.00. The molecule has 0 radical (unpaired) electrons. The van der Waals surface area contributed by atoms with Gasteiger partial charge in [0.05, 0.1) is 0 Å². The Labute approximate surface area is 116 Å². The average molecular weight is 263 g/mol. The fraction of sp³-hybridized carbons (Fsp3) is 0.562. The van der Waals surface area contributed by atoms with Crippen LogP contribution in [0.15, 0.2) is 24.3 Å².